The highest BCUT2D eigenvalue weighted by molar-refractivity contribution is 5.18. The molecule has 0 spiro atoms. The Labute approximate surface area is 89.0 Å². The number of hydrogen-bond acceptors (Lipinski definition) is 2. The van der Waals surface area contributed by atoms with Crippen molar-refractivity contribution >= 4 is 0 Å². The summed E-state index contributed by atoms with van der Waals surface area (Å²) in [6, 6.07) is 4.04. The molecule has 0 unspecified atom stereocenters. The maximum Gasteiger partial charge on any atom is 0.0696 e. The van der Waals surface area contributed by atoms with Gasteiger partial charge in [0.2, 0.25) is 0 Å². The minimum absolute atomic E-state index is 0.0963. The molecule has 3 nitrogen and oxygen atoms in total. The van der Waals surface area contributed by atoms with Crippen LogP contribution in [0.5, 0.6) is 0 Å². The first-order chi connectivity index (χ1) is 7.28. The fraction of sp³-hybridized carbons (Fsp3) is 0.250. The Bertz CT molecular complexity index is 448. The van der Waals surface area contributed by atoms with Crippen molar-refractivity contribution in [2.75, 3.05) is 0 Å². The van der Waals surface area contributed by atoms with Gasteiger partial charge in [0.15, 0.2) is 0 Å². The molecule has 0 aromatic carbocycles. The second-order valence-corrected chi connectivity index (χ2v) is 3.72. The first-order valence-corrected chi connectivity index (χ1v) is 4.94. The molecule has 78 valence electrons. The molecule has 3 heteroatoms. The Hall–Kier alpha value is -1.61. The molecule has 0 atom stereocenters. The summed E-state index contributed by atoms with van der Waals surface area (Å²) in [6.45, 7) is 2.93. The topological polar surface area (TPSA) is 38.0 Å². The van der Waals surface area contributed by atoms with E-state index in [1.165, 1.54) is 11.1 Å². The van der Waals surface area contributed by atoms with Gasteiger partial charge in [-0.15, -0.1) is 0 Å². The zero-order valence-electron chi connectivity index (χ0n) is 8.72. The summed E-state index contributed by atoms with van der Waals surface area (Å²) in [5, 5.41) is 8.94. The first-order valence-electron chi connectivity index (χ1n) is 4.94. The quantitative estimate of drug-likeness (QED) is 0.823. The summed E-state index contributed by atoms with van der Waals surface area (Å²) in [7, 11) is 0. The van der Waals surface area contributed by atoms with Gasteiger partial charge in [-0.2, -0.15) is 0 Å². The van der Waals surface area contributed by atoms with Crippen LogP contribution in [0.4, 0.5) is 0 Å². The highest BCUT2D eigenvalue weighted by atomic mass is 16.3. The van der Waals surface area contributed by atoms with Gasteiger partial charge < -0.3 is 9.67 Å². The lowest BCUT2D eigenvalue weighted by atomic mass is 10.2. The fourth-order valence-electron chi connectivity index (χ4n) is 1.60. The number of aliphatic hydroxyl groups excluding tert-OH is 1. The summed E-state index contributed by atoms with van der Waals surface area (Å²) in [6.07, 6.45) is 7.63. The van der Waals surface area contributed by atoms with Crippen molar-refractivity contribution in [2.24, 2.45) is 0 Å². The van der Waals surface area contributed by atoms with Gasteiger partial charge in [0, 0.05) is 31.3 Å². The lowest BCUT2D eigenvalue weighted by Crippen LogP contribution is -1.97. The molecule has 1 N–H and O–H groups in total. The van der Waals surface area contributed by atoms with Crippen LogP contribution in [0, 0.1) is 6.92 Å². The van der Waals surface area contributed by atoms with E-state index in [0.717, 1.165) is 12.1 Å². The van der Waals surface area contributed by atoms with Crippen LogP contribution in [0.3, 0.4) is 0 Å². The SMILES string of the molecule is Cc1cncc(Cn2ccc(CO)c2)c1. The van der Waals surface area contributed by atoms with Crippen molar-refractivity contribution in [1.29, 1.82) is 0 Å². The van der Waals surface area contributed by atoms with Crippen LogP contribution < -0.4 is 0 Å². The van der Waals surface area contributed by atoms with E-state index in [1.54, 1.807) is 0 Å². The third-order valence-corrected chi connectivity index (χ3v) is 2.29. The van der Waals surface area contributed by atoms with Gasteiger partial charge in [-0.1, -0.05) is 6.07 Å². The Morgan fingerprint density at radius 2 is 2.20 bits per heavy atom. The predicted molar refractivity (Wildman–Crippen MR) is 58.4 cm³/mol. The molecule has 0 amide bonds. The number of aromatic nitrogens is 2. The van der Waals surface area contributed by atoms with Crippen molar-refractivity contribution < 1.29 is 5.11 Å². The van der Waals surface area contributed by atoms with Crippen LogP contribution in [-0.4, -0.2) is 14.7 Å². The summed E-state index contributed by atoms with van der Waals surface area (Å²) in [4.78, 5) is 4.14. The lowest BCUT2D eigenvalue weighted by Gasteiger charge is -2.03. The zero-order valence-corrected chi connectivity index (χ0v) is 8.72. The van der Waals surface area contributed by atoms with Crippen molar-refractivity contribution in [3.63, 3.8) is 0 Å². The Morgan fingerprint density at radius 3 is 2.87 bits per heavy atom. The van der Waals surface area contributed by atoms with Gasteiger partial charge in [-0.25, -0.2) is 0 Å². The van der Waals surface area contributed by atoms with Gasteiger partial charge in [0.1, 0.15) is 0 Å². The Kier molecular flexibility index (Phi) is 2.83. The minimum atomic E-state index is 0.0963. The first kappa shape index (κ1) is 9.93. The van der Waals surface area contributed by atoms with Crippen molar-refractivity contribution in [3.05, 3.63) is 53.6 Å². The number of aryl methyl sites for hydroxylation is 1. The zero-order chi connectivity index (χ0) is 10.7. The molecule has 2 heterocycles. The van der Waals surface area contributed by atoms with E-state index in [2.05, 4.69) is 11.1 Å². The van der Waals surface area contributed by atoms with E-state index in [0.29, 0.717) is 0 Å². The molecule has 0 bridgehead atoms. The molecule has 0 fully saturated rings. The largest absolute Gasteiger partial charge is 0.392 e. The van der Waals surface area contributed by atoms with Gasteiger partial charge in [0.05, 0.1) is 6.61 Å². The Morgan fingerprint density at radius 1 is 1.33 bits per heavy atom. The minimum Gasteiger partial charge on any atom is -0.392 e. The van der Waals surface area contributed by atoms with Gasteiger partial charge in [-0.3, -0.25) is 4.98 Å². The number of aliphatic hydroxyl groups is 1. The van der Waals surface area contributed by atoms with Crippen LogP contribution >= 0.6 is 0 Å². The molecular weight excluding hydrogens is 188 g/mol. The van der Waals surface area contributed by atoms with Crippen LogP contribution in [0.1, 0.15) is 16.7 Å². The highest BCUT2D eigenvalue weighted by Crippen LogP contribution is 2.07. The third-order valence-electron chi connectivity index (χ3n) is 2.29. The van der Waals surface area contributed by atoms with E-state index in [4.69, 9.17) is 5.11 Å². The molecule has 0 radical (unpaired) electrons. The van der Waals surface area contributed by atoms with Crippen LogP contribution in [0.15, 0.2) is 36.9 Å². The number of nitrogens with zero attached hydrogens (tertiary/aromatic N) is 2. The highest BCUT2D eigenvalue weighted by Gasteiger charge is 1.97. The van der Waals surface area contributed by atoms with Crippen molar-refractivity contribution in [1.82, 2.24) is 9.55 Å². The van der Waals surface area contributed by atoms with Crippen LogP contribution in [0.25, 0.3) is 0 Å². The molecule has 0 aliphatic carbocycles. The molecular formula is C12H14N2O. The average molecular weight is 202 g/mol. The second-order valence-electron chi connectivity index (χ2n) is 3.72. The van der Waals surface area contributed by atoms with E-state index >= 15 is 0 Å². The van der Waals surface area contributed by atoms with E-state index < -0.39 is 0 Å². The number of hydrogen-bond donors (Lipinski definition) is 1. The molecule has 0 saturated heterocycles. The van der Waals surface area contributed by atoms with E-state index in [-0.39, 0.29) is 6.61 Å². The van der Waals surface area contributed by atoms with E-state index in [9.17, 15) is 0 Å². The molecule has 0 aliphatic heterocycles. The average Bonchev–Trinajstić information content (AvgIpc) is 2.65. The summed E-state index contributed by atoms with van der Waals surface area (Å²) < 4.78 is 2.04. The normalized spacial score (nSPS) is 10.5. The third kappa shape index (κ3) is 2.44. The summed E-state index contributed by atoms with van der Waals surface area (Å²) in [5.74, 6) is 0. The maximum absolute atomic E-state index is 8.94. The van der Waals surface area contributed by atoms with Crippen molar-refractivity contribution in [2.45, 2.75) is 20.1 Å². The van der Waals surface area contributed by atoms with Gasteiger partial charge in [-0.05, 0) is 29.7 Å². The Balaban J connectivity index is 2.14. The standard InChI is InChI=1S/C12H14N2O/c1-10-4-12(6-13-5-10)8-14-3-2-11(7-14)9-15/h2-7,15H,8-9H2,1H3. The van der Waals surface area contributed by atoms with Crippen LogP contribution in [0.2, 0.25) is 0 Å². The second kappa shape index (κ2) is 4.28. The van der Waals surface area contributed by atoms with Gasteiger partial charge >= 0.3 is 0 Å². The molecule has 2 aromatic rings. The molecule has 0 saturated carbocycles. The smallest absolute Gasteiger partial charge is 0.0696 e. The number of rotatable bonds is 3. The fourth-order valence-corrected chi connectivity index (χ4v) is 1.60. The summed E-state index contributed by atoms with van der Waals surface area (Å²) >= 11 is 0. The molecule has 2 aromatic heterocycles. The van der Waals surface area contributed by atoms with Crippen molar-refractivity contribution in [3.8, 4) is 0 Å². The van der Waals surface area contributed by atoms with Gasteiger partial charge in [0.25, 0.3) is 0 Å². The monoisotopic (exact) mass is 202 g/mol. The maximum atomic E-state index is 8.94. The molecule has 15 heavy (non-hydrogen) atoms. The predicted octanol–water partition coefficient (Wildman–Crippen LogP) is 1.73. The van der Waals surface area contributed by atoms with E-state index in [1.807, 2.05) is 42.3 Å². The van der Waals surface area contributed by atoms with Crippen LogP contribution in [-0.2, 0) is 13.2 Å². The molecule has 0 aliphatic rings. The summed E-state index contributed by atoms with van der Waals surface area (Å²) in [5.41, 5.74) is 3.28. The lowest BCUT2D eigenvalue weighted by molar-refractivity contribution is 0.282. The number of pyridine rings is 1. The molecule has 2 rings (SSSR count).